The molecular formula is C32H42Cl2N8O. The SMILES string of the molecule is CN1CCN(C(=O)Nc2ccc3nc(N4CCC(CCN5CCCC5)CC4)nc(NCc4ccc(Cl)cc4Cl)c3c2)CC1. The average molecular weight is 626 g/mol. The van der Waals surface area contributed by atoms with Gasteiger partial charge in [-0.05, 0) is 101 Å². The van der Waals surface area contributed by atoms with E-state index in [-0.39, 0.29) is 6.03 Å². The highest BCUT2D eigenvalue weighted by Crippen LogP contribution is 2.31. The minimum atomic E-state index is -0.0833. The molecule has 2 N–H and O–H groups in total. The molecule has 1 aromatic heterocycles. The number of aromatic nitrogens is 2. The molecule has 3 aromatic rings. The van der Waals surface area contributed by atoms with Crippen molar-refractivity contribution < 1.29 is 4.79 Å². The second kappa shape index (κ2) is 13.8. The highest BCUT2D eigenvalue weighted by Gasteiger charge is 2.24. The van der Waals surface area contributed by atoms with Crippen molar-refractivity contribution in [2.45, 2.75) is 38.6 Å². The number of halogens is 2. The lowest BCUT2D eigenvalue weighted by Gasteiger charge is -2.33. The third-order valence-corrected chi connectivity index (χ3v) is 9.72. The number of hydrogen-bond donors (Lipinski definition) is 2. The van der Waals surface area contributed by atoms with Crippen molar-refractivity contribution in [1.82, 2.24) is 24.7 Å². The fourth-order valence-electron chi connectivity index (χ4n) is 6.32. The smallest absolute Gasteiger partial charge is 0.321 e. The van der Waals surface area contributed by atoms with E-state index in [1.807, 2.05) is 35.2 Å². The van der Waals surface area contributed by atoms with E-state index in [2.05, 4.69) is 32.4 Å². The molecule has 0 atom stereocenters. The molecule has 11 heteroatoms. The van der Waals surface area contributed by atoms with Crippen LogP contribution < -0.4 is 15.5 Å². The number of hydrogen-bond acceptors (Lipinski definition) is 7. The summed E-state index contributed by atoms with van der Waals surface area (Å²) in [6.45, 7) is 9.33. The number of anilines is 3. The first kappa shape index (κ1) is 30.2. The fourth-order valence-corrected chi connectivity index (χ4v) is 6.79. The van der Waals surface area contributed by atoms with E-state index >= 15 is 0 Å². The number of benzene rings is 2. The molecule has 6 rings (SSSR count). The van der Waals surface area contributed by atoms with Gasteiger partial charge >= 0.3 is 6.03 Å². The zero-order valence-electron chi connectivity index (χ0n) is 25.0. The number of likely N-dealkylation sites (tertiary alicyclic amines) is 1. The summed E-state index contributed by atoms with van der Waals surface area (Å²) >= 11 is 12.6. The third kappa shape index (κ3) is 7.63. The summed E-state index contributed by atoms with van der Waals surface area (Å²) in [6.07, 6.45) is 6.31. The third-order valence-electron chi connectivity index (χ3n) is 9.14. The number of rotatable bonds is 8. The van der Waals surface area contributed by atoms with E-state index in [4.69, 9.17) is 33.2 Å². The lowest BCUT2D eigenvalue weighted by molar-refractivity contribution is 0.164. The number of nitrogens with zero attached hydrogens (tertiary/aromatic N) is 6. The quantitative estimate of drug-likeness (QED) is 0.317. The molecule has 2 aromatic carbocycles. The number of likely N-dealkylation sites (N-methyl/N-ethyl adjacent to an activating group) is 1. The van der Waals surface area contributed by atoms with Crippen molar-refractivity contribution in [3.05, 3.63) is 52.0 Å². The molecule has 3 fully saturated rings. The van der Waals surface area contributed by atoms with Gasteiger partial charge in [0.25, 0.3) is 0 Å². The van der Waals surface area contributed by atoms with Gasteiger partial charge in [0.05, 0.1) is 5.52 Å². The predicted octanol–water partition coefficient (Wildman–Crippen LogP) is 6.03. The van der Waals surface area contributed by atoms with Crippen LogP contribution in [0.2, 0.25) is 10.0 Å². The first-order valence-corrected chi connectivity index (χ1v) is 16.4. The molecule has 0 spiro atoms. The molecule has 0 radical (unpaired) electrons. The van der Waals surface area contributed by atoms with Gasteiger partial charge in [0.2, 0.25) is 5.95 Å². The fraction of sp³-hybridized carbons (Fsp3) is 0.531. The first-order chi connectivity index (χ1) is 20.9. The molecule has 230 valence electrons. The number of carbonyl (C=O) groups is 1. The second-order valence-electron chi connectivity index (χ2n) is 12.2. The summed E-state index contributed by atoms with van der Waals surface area (Å²) in [5, 5.41) is 8.66. The Bertz CT molecular complexity index is 1420. The molecule has 9 nitrogen and oxygen atoms in total. The van der Waals surface area contributed by atoms with Gasteiger partial charge in [-0.3, -0.25) is 0 Å². The van der Waals surface area contributed by atoms with Gasteiger partial charge in [0, 0.05) is 66.9 Å². The average Bonchev–Trinajstić information content (AvgIpc) is 3.54. The Hall–Kier alpha value is -2.85. The van der Waals surface area contributed by atoms with Crippen molar-refractivity contribution >= 4 is 57.6 Å². The molecule has 3 aliphatic rings. The standard InChI is InChI=1S/C32H42Cl2N8O/c1-39-16-18-42(19-17-39)32(43)36-26-6-7-29-27(21-26)30(35-22-24-4-5-25(33)20-28(24)34)38-31(37-29)41-14-9-23(10-15-41)8-13-40-11-2-3-12-40/h4-7,20-21,23H,2-3,8-19,22H2,1H3,(H,36,43)(H,35,37,38). The van der Waals surface area contributed by atoms with Crippen molar-refractivity contribution in [2.75, 3.05) is 81.5 Å². The van der Waals surface area contributed by atoms with Crippen molar-refractivity contribution in [3.63, 3.8) is 0 Å². The van der Waals surface area contributed by atoms with E-state index in [0.29, 0.717) is 29.7 Å². The van der Waals surface area contributed by atoms with Crippen molar-refractivity contribution in [3.8, 4) is 0 Å². The monoisotopic (exact) mass is 624 g/mol. The summed E-state index contributed by atoms with van der Waals surface area (Å²) in [6, 6.07) is 11.3. The van der Waals surface area contributed by atoms with Crippen LogP contribution in [-0.4, -0.2) is 96.6 Å². The topological polar surface area (TPSA) is 79.9 Å². The molecule has 0 saturated carbocycles. The summed E-state index contributed by atoms with van der Waals surface area (Å²) in [7, 11) is 2.08. The maximum absolute atomic E-state index is 13.0. The first-order valence-electron chi connectivity index (χ1n) is 15.6. The highest BCUT2D eigenvalue weighted by atomic mass is 35.5. The lowest BCUT2D eigenvalue weighted by atomic mass is 9.93. The molecule has 3 saturated heterocycles. The van der Waals surface area contributed by atoms with E-state index in [1.165, 1.54) is 38.9 Å². The van der Waals surface area contributed by atoms with Gasteiger partial charge in [-0.15, -0.1) is 0 Å². The van der Waals surface area contributed by atoms with Crippen LogP contribution in [0.5, 0.6) is 0 Å². The minimum absolute atomic E-state index is 0.0833. The van der Waals surface area contributed by atoms with Gasteiger partial charge in [-0.25, -0.2) is 9.78 Å². The molecule has 4 heterocycles. The Labute approximate surface area is 264 Å². The van der Waals surface area contributed by atoms with E-state index in [9.17, 15) is 4.79 Å². The largest absolute Gasteiger partial charge is 0.365 e. The minimum Gasteiger partial charge on any atom is -0.365 e. The number of fused-ring (bicyclic) bond motifs is 1. The molecule has 43 heavy (non-hydrogen) atoms. The van der Waals surface area contributed by atoms with E-state index in [0.717, 1.165) is 78.9 Å². The van der Waals surface area contributed by atoms with Gasteiger partial charge < -0.3 is 30.2 Å². The van der Waals surface area contributed by atoms with Crippen LogP contribution >= 0.6 is 23.2 Å². The Morgan fingerprint density at radius 2 is 1.70 bits per heavy atom. The Kier molecular flexibility index (Phi) is 9.72. The van der Waals surface area contributed by atoms with Gasteiger partial charge in [0.1, 0.15) is 5.82 Å². The molecule has 0 unspecified atom stereocenters. The van der Waals surface area contributed by atoms with Crippen molar-refractivity contribution in [1.29, 1.82) is 0 Å². The van der Waals surface area contributed by atoms with Crippen LogP contribution in [0, 0.1) is 5.92 Å². The summed E-state index contributed by atoms with van der Waals surface area (Å²) in [5.74, 6) is 2.22. The summed E-state index contributed by atoms with van der Waals surface area (Å²) in [4.78, 5) is 32.0. The molecule has 3 aliphatic heterocycles. The van der Waals surface area contributed by atoms with Crippen molar-refractivity contribution in [2.24, 2.45) is 5.92 Å². The number of nitrogens with one attached hydrogen (secondary N) is 2. The second-order valence-corrected chi connectivity index (χ2v) is 13.0. The van der Waals surface area contributed by atoms with Crippen LogP contribution in [0.25, 0.3) is 10.9 Å². The molecule has 0 aliphatic carbocycles. The zero-order chi connectivity index (χ0) is 29.8. The zero-order valence-corrected chi connectivity index (χ0v) is 26.5. The number of urea groups is 1. The van der Waals surface area contributed by atoms with Gasteiger partial charge in [0.15, 0.2) is 0 Å². The van der Waals surface area contributed by atoms with Crippen LogP contribution in [0.15, 0.2) is 36.4 Å². The Balaban J connectivity index is 1.20. The predicted molar refractivity (Wildman–Crippen MR) is 177 cm³/mol. The lowest BCUT2D eigenvalue weighted by Crippen LogP contribution is -2.48. The van der Waals surface area contributed by atoms with Crippen LogP contribution in [-0.2, 0) is 6.54 Å². The Morgan fingerprint density at radius 1 is 0.930 bits per heavy atom. The molecular weight excluding hydrogens is 583 g/mol. The highest BCUT2D eigenvalue weighted by molar-refractivity contribution is 6.35. The van der Waals surface area contributed by atoms with E-state index < -0.39 is 0 Å². The van der Waals surface area contributed by atoms with Crippen LogP contribution in [0.3, 0.4) is 0 Å². The number of piperazine rings is 1. The number of piperidine rings is 1. The van der Waals surface area contributed by atoms with Gasteiger partial charge in [-0.2, -0.15) is 4.98 Å². The maximum atomic E-state index is 13.0. The summed E-state index contributed by atoms with van der Waals surface area (Å²) in [5.41, 5.74) is 2.49. The Morgan fingerprint density at radius 3 is 2.44 bits per heavy atom. The number of carbonyl (C=O) groups excluding carboxylic acids is 1. The van der Waals surface area contributed by atoms with Crippen LogP contribution in [0.4, 0.5) is 22.2 Å². The summed E-state index contributed by atoms with van der Waals surface area (Å²) < 4.78 is 0. The normalized spacial score (nSPS) is 18.9. The molecule has 0 bridgehead atoms. The number of amides is 2. The van der Waals surface area contributed by atoms with E-state index in [1.54, 1.807) is 6.07 Å². The molecule has 2 amide bonds. The van der Waals surface area contributed by atoms with Gasteiger partial charge in [-0.1, -0.05) is 29.3 Å². The van der Waals surface area contributed by atoms with Crippen LogP contribution in [0.1, 0.15) is 37.7 Å². The maximum Gasteiger partial charge on any atom is 0.321 e.